The van der Waals surface area contributed by atoms with Crippen LogP contribution in [0.2, 0.25) is 0 Å². The monoisotopic (exact) mass is 213 g/mol. The number of nitrogens with zero attached hydrogens (tertiary/aromatic N) is 2. The summed E-state index contributed by atoms with van der Waals surface area (Å²) in [7, 11) is 0. The number of aromatic nitrogens is 2. The molecule has 5 heteroatoms. The average Bonchev–Trinajstić information content (AvgIpc) is 2.63. The van der Waals surface area contributed by atoms with Crippen molar-refractivity contribution in [2.75, 3.05) is 5.75 Å². The highest BCUT2D eigenvalue weighted by Crippen LogP contribution is 2.14. The third-order valence-corrected chi connectivity index (χ3v) is 2.53. The summed E-state index contributed by atoms with van der Waals surface area (Å²) in [5, 5.41) is 3.84. The smallest absolute Gasteiger partial charge is 0.243 e. The minimum Gasteiger partial charge on any atom is -0.338 e. The Morgan fingerprint density at radius 3 is 3.14 bits per heavy atom. The first kappa shape index (κ1) is 11.3. The van der Waals surface area contributed by atoms with Crippen LogP contribution in [0, 0.1) is 0 Å². The molecule has 0 amide bonds. The van der Waals surface area contributed by atoms with Crippen LogP contribution in [0.15, 0.2) is 17.2 Å². The first-order chi connectivity index (χ1) is 6.77. The van der Waals surface area contributed by atoms with Crippen molar-refractivity contribution in [2.24, 2.45) is 5.73 Å². The molecule has 1 aromatic heterocycles. The number of nitrogens with two attached hydrogens (primary N) is 1. The van der Waals surface area contributed by atoms with Crippen molar-refractivity contribution in [3.63, 3.8) is 0 Å². The normalized spacial score (nSPS) is 12.7. The lowest BCUT2D eigenvalue weighted by Crippen LogP contribution is -2.09. The van der Waals surface area contributed by atoms with Gasteiger partial charge >= 0.3 is 0 Å². The third-order valence-electron chi connectivity index (χ3n) is 1.66. The summed E-state index contributed by atoms with van der Waals surface area (Å²) in [4.78, 5) is 4.19. The second-order valence-corrected chi connectivity index (χ2v) is 4.09. The molecule has 1 rings (SSSR count). The van der Waals surface area contributed by atoms with E-state index in [0.29, 0.717) is 18.1 Å². The quantitative estimate of drug-likeness (QED) is 0.731. The molecule has 1 aromatic rings. The zero-order chi connectivity index (χ0) is 10.4. The number of hydrogen-bond acceptors (Lipinski definition) is 5. The largest absolute Gasteiger partial charge is 0.338 e. The minimum atomic E-state index is -0.222. The van der Waals surface area contributed by atoms with Gasteiger partial charge in [-0.25, -0.2) is 0 Å². The zero-order valence-electron chi connectivity index (χ0n) is 8.27. The molecule has 0 saturated carbocycles. The maximum Gasteiger partial charge on any atom is 0.243 e. The lowest BCUT2D eigenvalue weighted by molar-refractivity contribution is 0.352. The Labute approximate surface area is 87.9 Å². The van der Waals surface area contributed by atoms with E-state index in [1.165, 1.54) is 0 Å². The average molecular weight is 213 g/mol. The fourth-order valence-corrected chi connectivity index (χ4v) is 1.45. The highest BCUT2D eigenvalue weighted by Gasteiger charge is 2.12. The molecule has 0 radical (unpaired) electrons. The van der Waals surface area contributed by atoms with E-state index in [1.807, 2.05) is 0 Å². The molecule has 14 heavy (non-hydrogen) atoms. The molecule has 78 valence electrons. The van der Waals surface area contributed by atoms with Gasteiger partial charge in [0.25, 0.3) is 0 Å². The Morgan fingerprint density at radius 2 is 2.50 bits per heavy atom. The number of hydrogen-bond donors (Lipinski definition) is 1. The maximum atomic E-state index is 5.77. The van der Waals surface area contributed by atoms with Crippen molar-refractivity contribution in [3.8, 4) is 0 Å². The molecule has 0 fully saturated rings. The molecule has 0 aliphatic heterocycles. The Morgan fingerprint density at radius 1 is 1.71 bits per heavy atom. The first-order valence-corrected chi connectivity index (χ1v) is 5.70. The molecule has 0 aliphatic rings. The summed E-state index contributed by atoms with van der Waals surface area (Å²) in [5.41, 5.74) is 5.77. The fourth-order valence-electron chi connectivity index (χ4n) is 0.950. The van der Waals surface area contributed by atoms with Gasteiger partial charge < -0.3 is 10.3 Å². The molecular weight excluding hydrogens is 198 g/mol. The Bertz CT molecular complexity index is 287. The maximum absolute atomic E-state index is 5.77. The molecule has 4 nitrogen and oxygen atoms in total. The van der Waals surface area contributed by atoms with Gasteiger partial charge in [-0.05, 0) is 12.2 Å². The molecular formula is C9H15N3OS. The summed E-state index contributed by atoms with van der Waals surface area (Å²) in [5.74, 6) is 3.03. The van der Waals surface area contributed by atoms with E-state index in [2.05, 4.69) is 23.6 Å². The second-order valence-electron chi connectivity index (χ2n) is 2.82. The molecule has 0 bridgehead atoms. The van der Waals surface area contributed by atoms with E-state index >= 15 is 0 Å². The van der Waals surface area contributed by atoms with Crippen molar-refractivity contribution >= 4 is 11.8 Å². The summed E-state index contributed by atoms with van der Waals surface area (Å²) >= 11 is 1.75. The van der Waals surface area contributed by atoms with Gasteiger partial charge in [0.2, 0.25) is 5.89 Å². The van der Waals surface area contributed by atoms with Crippen LogP contribution in [0.3, 0.4) is 0 Å². The molecule has 0 aromatic carbocycles. The topological polar surface area (TPSA) is 64.9 Å². The third kappa shape index (κ3) is 3.16. The van der Waals surface area contributed by atoms with Gasteiger partial charge in [-0.3, -0.25) is 0 Å². The lowest BCUT2D eigenvalue weighted by atomic mass is 10.2. The van der Waals surface area contributed by atoms with Gasteiger partial charge in [-0.2, -0.15) is 16.7 Å². The van der Waals surface area contributed by atoms with Gasteiger partial charge in [0.1, 0.15) is 0 Å². The Balaban J connectivity index is 2.53. The van der Waals surface area contributed by atoms with Gasteiger partial charge in [0.05, 0.1) is 11.8 Å². The van der Waals surface area contributed by atoms with E-state index in [9.17, 15) is 0 Å². The van der Waals surface area contributed by atoms with Crippen LogP contribution in [0.1, 0.15) is 31.1 Å². The molecule has 2 N–H and O–H groups in total. The Kier molecular flexibility index (Phi) is 4.69. The van der Waals surface area contributed by atoms with Crippen LogP contribution in [-0.4, -0.2) is 15.9 Å². The van der Waals surface area contributed by atoms with Crippen molar-refractivity contribution in [1.29, 1.82) is 0 Å². The van der Waals surface area contributed by atoms with Gasteiger partial charge in [0.15, 0.2) is 5.82 Å². The molecule has 1 unspecified atom stereocenters. The second kappa shape index (κ2) is 5.82. The molecule has 0 aliphatic carbocycles. The van der Waals surface area contributed by atoms with Crippen molar-refractivity contribution < 1.29 is 4.52 Å². The molecule has 1 heterocycles. The van der Waals surface area contributed by atoms with Gasteiger partial charge in [-0.15, -0.1) is 6.58 Å². The summed E-state index contributed by atoms with van der Waals surface area (Å²) in [6, 6.07) is -0.222. The molecule has 0 saturated heterocycles. The van der Waals surface area contributed by atoms with Crippen molar-refractivity contribution in [3.05, 3.63) is 24.4 Å². The predicted molar refractivity (Wildman–Crippen MR) is 57.9 cm³/mol. The van der Waals surface area contributed by atoms with Crippen molar-refractivity contribution in [2.45, 2.75) is 25.1 Å². The molecule has 1 atom stereocenters. The summed E-state index contributed by atoms with van der Waals surface area (Å²) in [6.45, 7) is 5.70. The highest BCUT2D eigenvalue weighted by molar-refractivity contribution is 7.98. The first-order valence-electron chi connectivity index (χ1n) is 4.54. The van der Waals surface area contributed by atoms with E-state index in [1.54, 1.807) is 17.8 Å². The van der Waals surface area contributed by atoms with Crippen LogP contribution in [0.25, 0.3) is 0 Å². The predicted octanol–water partition coefficient (Wildman–Crippen LogP) is 1.90. The van der Waals surface area contributed by atoms with Crippen LogP contribution < -0.4 is 5.73 Å². The van der Waals surface area contributed by atoms with Crippen LogP contribution in [0.5, 0.6) is 0 Å². The SMILES string of the molecule is C=CCC(N)c1nc(CSCC)no1. The van der Waals surface area contributed by atoms with Crippen molar-refractivity contribution in [1.82, 2.24) is 10.1 Å². The van der Waals surface area contributed by atoms with Crippen LogP contribution in [0.4, 0.5) is 0 Å². The van der Waals surface area contributed by atoms with Crippen LogP contribution >= 0.6 is 11.8 Å². The molecule has 0 spiro atoms. The van der Waals surface area contributed by atoms with Crippen LogP contribution in [-0.2, 0) is 5.75 Å². The van der Waals surface area contributed by atoms with Gasteiger partial charge in [0, 0.05) is 0 Å². The van der Waals surface area contributed by atoms with Gasteiger partial charge in [-0.1, -0.05) is 18.2 Å². The fraction of sp³-hybridized carbons (Fsp3) is 0.556. The minimum absolute atomic E-state index is 0.222. The van der Waals surface area contributed by atoms with E-state index in [0.717, 1.165) is 11.5 Å². The standard InChI is InChI=1S/C9H15N3OS/c1-3-5-7(10)9-11-8(12-13-9)6-14-4-2/h3,7H,1,4-6,10H2,2H3. The van der Waals surface area contributed by atoms with E-state index < -0.39 is 0 Å². The number of rotatable bonds is 6. The van der Waals surface area contributed by atoms with E-state index in [-0.39, 0.29) is 6.04 Å². The highest BCUT2D eigenvalue weighted by atomic mass is 32.2. The Hall–Kier alpha value is -0.810. The van der Waals surface area contributed by atoms with E-state index in [4.69, 9.17) is 10.3 Å². The zero-order valence-corrected chi connectivity index (χ0v) is 9.09. The summed E-state index contributed by atoms with van der Waals surface area (Å²) in [6.07, 6.45) is 2.40. The lowest BCUT2D eigenvalue weighted by Gasteiger charge is -1.99. The summed E-state index contributed by atoms with van der Waals surface area (Å²) < 4.78 is 5.03. The number of thioether (sulfide) groups is 1.